The van der Waals surface area contributed by atoms with E-state index in [9.17, 15) is 13.2 Å². The molecule has 1 aromatic rings. The Morgan fingerprint density at radius 1 is 1.39 bits per heavy atom. The van der Waals surface area contributed by atoms with Gasteiger partial charge < -0.3 is 15.2 Å². The van der Waals surface area contributed by atoms with Gasteiger partial charge in [-0.05, 0) is 19.1 Å². The highest BCUT2D eigenvalue weighted by Crippen LogP contribution is 2.15. The molecule has 0 aliphatic heterocycles. The van der Waals surface area contributed by atoms with Crippen molar-refractivity contribution in [2.45, 2.75) is 25.6 Å². The summed E-state index contributed by atoms with van der Waals surface area (Å²) < 4.78 is 44.5. The van der Waals surface area contributed by atoms with E-state index in [-0.39, 0.29) is 6.04 Å². The summed E-state index contributed by atoms with van der Waals surface area (Å²) in [6.45, 7) is 0.0636. The number of nitrogens with zero attached hydrogens (tertiary/aromatic N) is 1. The van der Waals surface area contributed by atoms with Crippen LogP contribution in [0.1, 0.15) is 12.6 Å². The number of nitrogens with two attached hydrogens (primary N) is 1. The zero-order valence-electron chi connectivity index (χ0n) is 9.91. The highest BCUT2D eigenvalue weighted by Gasteiger charge is 2.27. The zero-order chi connectivity index (χ0) is 13.6. The van der Waals surface area contributed by atoms with E-state index in [0.717, 1.165) is 5.69 Å². The molecule has 0 saturated heterocycles. The second-order valence-electron chi connectivity index (χ2n) is 3.89. The molecular formula is C11H15F3N2O2. The van der Waals surface area contributed by atoms with Crippen molar-refractivity contribution < 1.29 is 22.6 Å². The molecule has 0 bridgehead atoms. The quantitative estimate of drug-likeness (QED) is 0.629. The fourth-order valence-electron chi connectivity index (χ4n) is 1.21. The van der Waals surface area contributed by atoms with Gasteiger partial charge in [-0.25, -0.2) is 0 Å². The van der Waals surface area contributed by atoms with Gasteiger partial charge in [-0.2, -0.15) is 13.2 Å². The smallest absolute Gasteiger partial charge is 0.411 e. The van der Waals surface area contributed by atoms with E-state index in [2.05, 4.69) is 9.72 Å². The molecule has 1 aromatic heterocycles. The molecule has 7 heteroatoms. The molecule has 0 amide bonds. The SMILES string of the molecule is CC(N)Cc1ccc(OCOCC(F)(F)F)cn1. The van der Waals surface area contributed by atoms with E-state index < -0.39 is 19.6 Å². The summed E-state index contributed by atoms with van der Waals surface area (Å²) in [5, 5.41) is 0. The molecule has 4 nitrogen and oxygen atoms in total. The Bertz CT molecular complexity index is 352. The van der Waals surface area contributed by atoms with Gasteiger partial charge in [-0.15, -0.1) is 0 Å². The van der Waals surface area contributed by atoms with Crippen LogP contribution in [0.2, 0.25) is 0 Å². The highest BCUT2D eigenvalue weighted by atomic mass is 19.4. The second-order valence-corrected chi connectivity index (χ2v) is 3.89. The molecule has 0 saturated carbocycles. The van der Waals surface area contributed by atoms with Crippen LogP contribution in [0.15, 0.2) is 18.3 Å². The molecule has 18 heavy (non-hydrogen) atoms. The molecule has 0 aromatic carbocycles. The Balaban J connectivity index is 2.31. The van der Waals surface area contributed by atoms with Crippen molar-refractivity contribution in [3.63, 3.8) is 0 Å². The third-order valence-corrected chi connectivity index (χ3v) is 1.90. The van der Waals surface area contributed by atoms with Crippen LogP contribution in [0.3, 0.4) is 0 Å². The number of pyridine rings is 1. The molecular weight excluding hydrogens is 249 g/mol. The van der Waals surface area contributed by atoms with Gasteiger partial charge in [0.25, 0.3) is 0 Å². The van der Waals surface area contributed by atoms with Gasteiger partial charge in [0.1, 0.15) is 12.4 Å². The first-order valence-electron chi connectivity index (χ1n) is 5.34. The van der Waals surface area contributed by atoms with Crippen LogP contribution < -0.4 is 10.5 Å². The highest BCUT2D eigenvalue weighted by molar-refractivity contribution is 5.20. The second kappa shape index (κ2) is 6.55. The first-order valence-corrected chi connectivity index (χ1v) is 5.34. The number of hydrogen-bond donors (Lipinski definition) is 1. The third-order valence-electron chi connectivity index (χ3n) is 1.90. The topological polar surface area (TPSA) is 57.4 Å². The van der Waals surface area contributed by atoms with E-state index in [1.54, 1.807) is 12.1 Å². The predicted octanol–water partition coefficient (Wildman–Crippen LogP) is 1.89. The van der Waals surface area contributed by atoms with Gasteiger partial charge in [0.05, 0.1) is 6.20 Å². The standard InChI is InChI=1S/C11H15F3N2O2/c1-8(15)4-9-2-3-10(5-16-9)18-7-17-6-11(12,13)14/h2-3,5,8H,4,6-7,15H2,1H3. The van der Waals surface area contributed by atoms with Crippen molar-refractivity contribution in [2.75, 3.05) is 13.4 Å². The molecule has 1 heterocycles. The van der Waals surface area contributed by atoms with Gasteiger partial charge in [0.15, 0.2) is 6.79 Å². The maximum absolute atomic E-state index is 11.8. The Hall–Kier alpha value is -1.34. The summed E-state index contributed by atoms with van der Waals surface area (Å²) in [6, 6.07) is 3.32. The Kier molecular flexibility index (Phi) is 5.36. The Morgan fingerprint density at radius 3 is 2.61 bits per heavy atom. The average Bonchev–Trinajstić information content (AvgIpc) is 2.24. The predicted molar refractivity (Wildman–Crippen MR) is 59.1 cm³/mol. The number of aromatic nitrogens is 1. The summed E-state index contributed by atoms with van der Waals surface area (Å²) in [5.41, 5.74) is 6.40. The number of hydrogen-bond acceptors (Lipinski definition) is 4. The van der Waals surface area contributed by atoms with E-state index in [1.165, 1.54) is 6.20 Å². The summed E-state index contributed by atoms with van der Waals surface area (Å²) >= 11 is 0. The van der Waals surface area contributed by atoms with E-state index >= 15 is 0 Å². The summed E-state index contributed by atoms with van der Waals surface area (Å²) in [6.07, 6.45) is -2.29. The lowest BCUT2D eigenvalue weighted by molar-refractivity contribution is -0.186. The van der Waals surface area contributed by atoms with Crippen molar-refractivity contribution in [2.24, 2.45) is 5.73 Å². The Morgan fingerprint density at radius 2 is 2.11 bits per heavy atom. The van der Waals surface area contributed by atoms with Crippen molar-refractivity contribution in [3.05, 3.63) is 24.0 Å². The minimum atomic E-state index is -4.34. The zero-order valence-corrected chi connectivity index (χ0v) is 9.91. The minimum Gasteiger partial charge on any atom is -0.466 e. The van der Waals surface area contributed by atoms with Crippen LogP contribution in [0.5, 0.6) is 5.75 Å². The van der Waals surface area contributed by atoms with E-state index in [1.807, 2.05) is 6.92 Å². The third kappa shape index (κ3) is 6.41. The number of halogens is 3. The molecule has 0 fully saturated rings. The molecule has 0 spiro atoms. The first kappa shape index (κ1) is 14.7. The lowest BCUT2D eigenvalue weighted by Gasteiger charge is -2.09. The molecule has 1 atom stereocenters. The lowest BCUT2D eigenvalue weighted by atomic mass is 10.2. The van der Waals surface area contributed by atoms with Crippen molar-refractivity contribution >= 4 is 0 Å². The number of alkyl halides is 3. The van der Waals surface area contributed by atoms with Gasteiger partial charge in [-0.1, -0.05) is 0 Å². The fraction of sp³-hybridized carbons (Fsp3) is 0.545. The van der Waals surface area contributed by atoms with E-state index in [0.29, 0.717) is 12.2 Å². The summed E-state index contributed by atoms with van der Waals surface area (Å²) in [4.78, 5) is 4.06. The monoisotopic (exact) mass is 264 g/mol. The van der Waals surface area contributed by atoms with Gasteiger partial charge in [0, 0.05) is 18.2 Å². The van der Waals surface area contributed by atoms with Crippen LogP contribution in [-0.2, 0) is 11.2 Å². The summed E-state index contributed by atoms with van der Waals surface area (Å²) in [7, 11) is 0. The molecule has 2 N–H and O–H groups in total. The Labute approximate surface area is 103 Å². The molecule has 102 valence electrons. The van der Waals surface area contributed by atoms with Crippen LogP contribution in [0.25, 0.3) is 0 Å². The number of ether oxygens (including phenoxy) is 2. The van der Waals surface area contributed by atoms with Crippen molar-refractivity contribution in [3.8, 4) is 5.75 Å². The molecule has 1 unspecified atom stereocenters. The largest absolute Gasteiger partial charge is 0.466 e. The van der Waals surface area contributed by atoms with Crippen LogP contribution >= 0.6 is 0 Å². The molecule has 0 aliphatic rings. The average molecular weight is 264 g/mol. The lowest BCUT2D eigenvalue weighted by Crippen LogP contribution is -2.19. The normalized spacial score (nSPS) is 13.4. The molecule has 0 radical (unpaired) electrons. The van der Waals surface area contributed by atoms with E-state index in [4.69, 9.17) is 10.5 Å². The van der Waals surface area contributed by atoms with Crippen LogP contribution in [0.4, 0.5) is 13.2 Å². The van der Waals surface area contributed by atoms with Crippen molar-refractivity contribution in [1.82, 2.24) is 4.98 Å². The fourth-order valence-corrected chi connectivity index (χ4v) is 1.21. The maximum atomic E-state index is 11.8. The summed E-state index contributed by atoms with van der Waals surface area (Å²) in [5.74, 6) is 0.352. The van der Waals surface area contributed by atoms with Crippen LogP contribution in [-0.4, -0.2) is 30.6 Å². The molecule has 0 aliphatic carbocycles. The van der Waals surface area contributed by atoms with Gasteiger partial charge in [0.2, 0.25) is 0 Å². The van der Waals surface area contributed by atoms with Gasteiger partial charge >= 0.3 is 6.18 Å². The first-order chi connectivity index (χ1) is 8.37. The van der Waals surface area contributed by atoms with Gasteiger partial charge in [-0.3, -0.25) is 4.98 Å². The molecule has 1 rings (SSSR count). The number of rotatable bonds is 6. The van der Waals surface area contributed by atoms with Crippen LogP contribution in [0, 0.1) is 0 Å². The van der Waals surface area contributed by atoms with Crippen molar-refractivity contribution in [1.29, 1.82) is 0 Å². The minimum absolute atomic E-state index is 0.000567. The maximum Gasteiger partial charge on any atom is 0.411 e.